The van der Waals surface area contributed by atoms with Crippen LogP contribution in [-0.4, -0.2) is 19.0 Å². The highest BCUT2D eigenvalue weighted by Crippen LogP contribution is 2.37. The summed E-state index contributed by atoms with van der Waals surface area (Å²) in [5, 5.41) is 0. The van der Waals surface area contributed by atoms with Crippen molar-refractivity contribution in [1.82, 2.24) is 0 Å². The number of halogens is 1. The molecule has 2 heteroatoms. The van der Waals surface area contributed by atoms with E-state index in [0.717, 1.165) is 5.66 Å². The smallest absolute Gasteiger partial charge is 0.0174 e. The van der Waals surface area contributed by atoms with Gasteiger partial charge in [0.25, 0.3) is 0 Å². The largest absolute Gasteiger partial charge is 0.114 e. The zero-order valence-electron chi connectivity index (χ0n) is 11.4. The van der Waals surface area contributed by atoms with Crippen molar-refractivity contribution in [2.75, 3.05) is 13.3 Å². The lowest BCUT2D eigenvalue weighted by atomic mass is 10.1. The number of unbranched alkanes of at least 4 members (excludes halogenated alkanes) is 2. The first-order valence-electron chi connectivity index (χ1n) is 6.44. The molecule has 0 bridgehead atoms. The summed E-state index contributed by atoms with van der Waals surface area (Å²) in [7, 11) is 0.196. The molecule has 1 aromatic rings. The minimum atomic E-state index is 0. The van der Waals surface area contributed by atoms with E-state index in [4.69, 9.17) is 0 Å². The van der Waals surface area contributed by atoms with Crippen LogP contribution in [0.15, 0.2) is 30.3 Å². The van der Waals surface area contributed by atoms with Gasteiger partial charge in [-0.15, -0.1) is 24.9 Å². The fourth-order valence-electron chi connectivity index (χ4n) is 2.06. The Kier molecular flexibility index (Phi) is 10.2. The van der Waals surface area contributed by atoms with E-state index in [2.05, 4.69) is 50.6 Å². The molecule has 0 saturated carbocycles. The number of benzene rings is 1. The van der Waals surface area contributed by atoms with Gasteiger partial charge in [0, 0.05) is 0 Å². The molecule has 0 aromatic heterocycles. The molecule has 0 heterocycles. The Labute approximate surface area is 119 Å². The highest BCUT2D eigenvalue weighted by molar-refractivity contribution is 8.93. The summed E-state index contributed by atoms with van der Waals surface area (Å²) >= 11 is 0. The van der Waals surface area contributed by atoms with Crippen LogP contribution < -0.4 is 0 Å². The van der Waals surface area contributed by atoms with Crippen LogP contribution >= 0.6 is 24.9 Å². The third-order valence-electron chi connectivity index (χ3n) is 3.19. The highest BCUT2D eigenvalue weighted by atomic mass is 79.9. The Morgan fingerprint density at radius 3 is 2.24 bits per heavy atom. The van der Waals surface area contributed by atoms with Crippen LogP contribution in [0.5, 0.6) is 0 Å². The third kappa shape index (κ3) is 7.21. The van der Waals surface area contributed by atoms with E-state index in [0.29, 0.717) is 0 Å². The van der Waals surface area contributed by atoms with Gasteiger partial charge in [-0.1, -0.05) is 56.5 Å². The average molecular weight is 317 g/mol. The van der Waals surface area contributed by atoms with Crippen molar-refractivity contribution in [2.24, 2.45) is 0 Å². The molecule has 1 rings (SSSR count). The molecule has 0 saturated heterocycles. The standard InChI is InChI=1S/C15H25P.BrH/c1-4-5-7-12-15(16(2)3)13-14-10-8-6-9-11-14;/h6,8-11,15H,4-5,7,12-13H2,1-3H3;1H. The Bertz CT molecular complexity index is 272. The minimum Gasteiger partial charge on any atom is -0.114 e. The van der Waals surface area contributed by atoms with Crippen LogP contribution in [0.3, 0.4) is 0 Å². The molecule has 17 heavy (non-hydrogen) atoms. The van der Waals surface area contributed by atoms with Gasteiger partial charge in [-0.2, -0.15) is 0 Å². The van der Waals surface area contributed by atoms with E-state index >= 15 is 0 Å². The Morgan fingerprint density at radius 1 is 1.06 bits per heavy atom. The Morgan fingerprint density at radius 2 is 1.71 bits per heavy atom. The highest BCUT2D eigenvalue weighted by Gasteiger charge is 2.12. The molecule has 0 amide bonds. The zero-order chi connectivity index (χ0) is 11.8. The van der Waals surface area contributed by atoms with Crippen LogP contribution in [0.25, 0.3) is 0 Å². The van der Waals surface area contributed by atoms with Gasteiger partial charge >= 0.3 is 0 Å². The lowest BCUT2D eigenvalue weighted by Gasteiger charge is -2.21. The van der Waals surface area contributed by atoms with Crippen LogP contribution in [-0.2, 0) is 6.42 Å². The second-order valence-electron chi connectivity index (χ2n) is 4.80. The van der Waals surface area contributed by atoms with Crippen LogP contribution in [0.2, 0.25) is 0 Å². The summed E-state index contributed by atoms with van der Waals surface area (Å²) in [5.41, 5.74) is 2.43. The predicted octanol–water partition coefficient (Wildman–Crippen LogP) is 5.50. The van der Waals surface area contributed by atoms with Gasteiger partial charge < -0.3 is 0 Å². The summed E-state index contributed by atoms with van der Waals surface area (Å²) < 4.78 is 0. The lowest BCUT2D eigenvalue weighted by Crippen LogP contribution is -2.08. The van der Waals surface area contributed by atoms with Gasteiger partial charge in [0.1, 0.15) is 0 Å². The minimum absolute atomic E-state index is 0. The normalized spacial score (nSPS) is 12.2. The van der Waals surface area contributed by atoms with Crippen molar-refractivity contribution >= 4 is 24.9 Å². The molecule has 0 fully saturated rings. The van der Waals surface area contributed by atoms with Crippen molar-refractivity contribution in [2.45, 2.75) is 44.7 Å². The van der Waals surface area contributed by atoms with E-state index in [1.54, 1.807) is 0 Å². The molecule has 0 nitrogen and oxygen atoms in total. The second-order valence-corrected chi connectivity index (χ2v) is 7.46. The molecule has 1 atom stereocenters. The monoisotopic (exact) mass is 316 g/mol. The first kappa shape index (κ1) is 17.1. The van der Waals surface area contributed by atoms with Crippen molar-refractivity contribution in [1.29, 1.82) is 0 Å². The van der Waals surface area contributed by atoms with Gasteiger partial charge in [0.15, 0.2) is 0 Å². The predicted molar refractivity (Wildman–Crippen MR) is 87.2 cm³/mol. The van der Waals surface area contributed by atoms with E-state index < -0.39 is 0 Å². The van der Waals surface area contributed by atoms with Crippen LogP contribution in [0, 0.1) is 0 Å². The number of hydrogen-bond donors (Lipinski definition) is 0. The fraction of sp³-hybridized carbons (Fsp3) is 0.600. The van der Waals surface area contributed by atoms with Gasteiger partial charge in [0.2, 0.25) is 0 Å². The van der Waals surface area contributed by atoms with Crippen LogP contribution in [0.1, 0.15) is 38.2 Å². The maximum Gasteiger partial charge on any atom is -0.0174 e. The summed E-state index contributed by atoms with van der Waals surface area (Å²) in [5.74, 6) is 0. The zero-order valence-corrected chi connectivity index (χ0v) is 14.0. The summed E-state index contributed by atoms with van der Waals surface area (Å²) in [4.78, 5) is 0. The van der Waals surface area contributed by atoms with Gasteiger partial charge in [-0.25, -0.2) is 0 Å². The quantitative estimate of drug-likeness (QED) is 0.460. The molecule has 0 N–H and O–H groups in total. The van der Waals surface area contributed by atoms with E-state index in [1.807, 2.05) is 0 Å². The van der Waals surface area contributed by atoms with Crippen molar-refractivity contribution in [3.05, 3.63) is 35.9 Å². The molecular weight excluding hydrogens is 291 g/mol. The molecule has 0 spiro atoms. The fourth-order valence-corrected chi connectivity index (χ4v) is 3.33. The van der Waals surface area contributed by atoms with Gasteiger partial charge in [-0.3, -0.25) is 0 Å². The summed E-state index contributed by atoms with van der Waals surface area (Å²) in [6, 6.07) is 11.0. The number of rotatable bonds is 7. The molecule has 98 valence electrons. The van der Waals surface area contributed by atoms with Crippen molar-refractivity contribution in [3.63, 3.8) is 0 Å². The Hall–Kier alpha value is 0.130. The van der Waals surface area contributed by atoms with E-state index in [-0.39, 0.29) is 24.9 Å². The average Bonchev–Trinajstić information content (AvgIpc) is 2.29. The molecular formula is C15H26BrP. The van der Waals surface area contributed by atoms with E-state index in [9.17, 15) is 0 Å². The van der Waals surface area contributed by atoms with Crippen molar-refractivity contribution in [3.8, 4) is 0 Å². The van der Waals surface area contributed by atoms with Crippen LogP contribution in [0.4, 0.5) is 0 Å². The molecule has 1 unspecified atom stereocenters. The first-order valence-corrected chi connectivity index (χ1v) is 8.75. The van der Waals surface area contributed by atoms with Gasteiger partial charge in [0.05, 0.1) is 0 Å². The topological polar surface area (TPSA) is 0 Å². The summed E-state index contributed by atoms with van der Waals surface area (Å²) in [6.07, 6.45) is 6.84. The maximum atomic E-state index is 2.43. The Balaban J connectivity index is 0.00000256. The van der Waals surface area contributed by atoms with Gasteiger partial charge in [-0.05, 0) is 37.4 Å². The molecule has 0 radical (unpaired) electrons. The molecule has 0 aliphatic heterocycles. The molecule has 1 aromatic carbocycles. The maximum absolute atomic E-state index is 2.43. The SMILES string of the molecule is Br.CCCCCC(Cc1ccccc1)P(C)C. The second kappa shape index (κ2) is 10.1. The first-order chi connectivity index (χ1) is 7.74. The third-order valence-corrected chi connectivity index (χ3v) is 5.09. The lowest BCUT2D eigenvalue weighted by molar-refractivity contribution is 0.638. The molecule has 0 aliphatic rings. The molecule has 0 aliphatic carbocycles. The number of hydrogen-bond acceptors (Lipinski definition) is 0. The van der Waals surface area contributed by atoms with E-state index in [1.165, 1.54) is 37.7 Å². The van der Waals surface area contributed by atoms with Crippen molar-refractivity contribution < 1.29 is 0 Å². The summed E-state index contributed by atoms with van der Waals surface area (Å²) in [6.45, 7) is 7.14.